The maximum absolute atomic E-state index is 11.2. The standard InChI is InChI=1S/C44H28N4O8.Zn/c49-21-1-13-37(53)25(17-21)41-29-5-7-31(45-29)42(26-18-22(50)2-14-38(26)54)33-9-11-35(47-33)44(28-20-24(52)4-16-40(28)56)36-12-10-34(48-36)43(32-8-6-30(41)46-32)27-19-23(51)3-15-39(27)55;/h1-20H,(H8-2,45,46,47,48,49,50,51,52,53,54,55,56);/q-2;+2. The first kappa shape index (κ1) is 36.5. The zero-order valence-corrected chi connectivity index (χ0v) is 32.6. The molecule has 0 aliphatic carbocycles. The van der Waals surface area contributed by atoms with Crippen molar-refractivity contribution in [1.29, 1.82) is 0 Å². The maximum atomic E-state index is 11.2. The molecule has 4 aromatic carbocycles. The molecule has 0 amide bonds. The zero-order chi connectivity index (χ0) is 38.8. The topological polar surface area (TPSA) is 216 Å². The second kappa shape index (κ2) is 14.0. The van der Waals surface area contributed by atoms with Gasteiger partial charge < -0.3 is 50.8 Å². The van der Waals surface area contributed by atoms with E-state index < -0.39 is 0 Å². The third kappa shape index (κ3) is 6.35. The Bertz CT molecular complexity index is 2640. The Balaban J connectivity index is 0.00000455. The second-order valence-corrected chi connectivity index (χ2v) is 13.2. The number of fused-ring (bicyclic) bond motifs is 8. The molecule has 0 saturated heterocycles. The number of phenols is 8. The first-order chi connectivity index (χ1) is 27.0. The van der Waals surface area contributed by atoms with Crippen LogP contribution in [0, 0.1) is 0 Å². The molecular formula is C44H28N4O8Zn. The Labute approximate surface area is 335 Å². The van der Waals surface area contributed by atoms with E-state index in [9.17, 15) is 40.9 Å². The van der Waals surface area contributed by atoms with Gasteiger partial charge >= 0.3 is 19.5 Å². The summed E-state index contributed by atoms with van der Waals surface area (Å²) in [4.78, 5) is 19.9. The van der Waals surface area contributed by atoms with Crippen LogP contribution < -0.4 is 9.97 Å². The van der Waals surface area contributed by atoms with Crippen LogP contribution in [0.5, 0.6) is 46.0 Å². The number of hydrogen-bond donors (Lipinski definition) is 8. The van der Waals surface area contributed by atoms with Gasteiger partial charge in [-0.2, -0.15) is 0 Å². The predicted molar refractivity (Wildman–Crippen MR) is 212 cm³/mol. The fraction of sp³-hybridized carbons (Fsp3) is 0. The minimum atomic E-state index is -0.172. The van der Waals surface area contributed by atoms with Crippen LogP contribution in [0.2, 0.25) is 0 Å². The van der Waals surface area contributed by atoms with Crippen molar-refractivity contribution in [1.82, 2.24) is 19.9 Å². The molecule has 7 aromatic rings. The Hall–Kier alpha value is -7.50. The molecule has 57 heavy (non-hydrogen) atoms. The van der Waals surface area contributed by atoms with E-state index in [0.717, 1.165) is 0 Å². The third-order valence-electron chi connectivity index (χ3n) is 9.61. The number of aromatic hydroxyl groups is 8. The number of hydrogen-bond acceptors (Lipinski definition) is 10. The summed E-state index contributed by atoms with van der Waals surface area (Å²) in [5.74, 6) is -1.20. The molecular weight excluding hydrogens is 778 g/mol. The molecule has 0 atom stereocenters. The van der Waals surface area contributed by atoms with E-state index in [2.05, 4.69) is 0 Å². The van der Waals surface area contributed by atoms with Crippen molar-refractivity contribution in [2.24, 2.45) is 0 Å². The summed E-state index contributed by atoms with van der Waals surface area (Å²) >= 11 is 0. The van der Waals surface area contributed by atoms with E-state index in [4.69, 9.17) is 19.9 Å². The van der Waals surface area contributed by atoms with Crippen molar-refractivity contribution in [3.63, 3.8) is 0 Å². The Morgan fingerprint density at radius 1 is 0.316 bits per heavy atom. The molecule has 13 heteroatoms. The normalized spacial score (nSPS) is 11.8. The van der Waals surface area contributed by atoms with E-state index in [-0.39, 0.29) is 87.7 Å². The summed E-state index contributed by atoms with van der Waals surface area (Å²) in [7, 11) is 0. The van der Waals surface area contributed by atoms with E-state index in [1.165, 1.54) is 72.8 Å². The molecule has 8 N–H and O–H groups in total. The van der Waals surface area contributed by atoms with Gasteiger partial charge in [0.05, 0.1) is 22.8 Å². The number of rotatable bonds is 4. The molecule has 12 nitrogen and oxygen atoms in total. The summed E-state index contributed by atoms with van der Waals surface area (Å²) < 4.78 is 0. The number of nitrogens with zero attached hydrogens (tertiary/aromatic N) is 4. The first-order valence-corrected chi connectivity index (χ1v) is 17.2. The maximum Gasteiger partial charge on any atom is 2.00 e. The van der Waals surface area contributed by atoms with Gasteiger partial charge in [-0.3, -0.25) is 0 Å². The molecule has 8 bridgehead atoms. The number of benzene rings is 4. The van der Waals surface area contributed by atoms with Crippen molar-refractivity contribution in [3.8, 4) is 90.5 Å². The van der Waals surface area contributed by atoms with Crippen molar-refractivity contribution in [2.45, 2.75) is 0 Å². The SMILES string of the molecule is Oc1ccc(O)c(-c2c3nc(c(-c4cc(O)ccc4O)c4ccc([n-]4)c(-c4cc(O)ccc4O)c4nc(c(-c5cc(O)ccc5O)c5ccc2[n-]5)C=C4)C=C3)c1.[Zn+2]. The van der Waals surface area contributed by atoms with Crippen LogP contribution in [0.3, 0.4) is 0 Å². The summed E-state index contributed by atoms with van der Waals surface area (Å²) in [6.45, 7) is 0. The minimum absolute atomic E-state index is 0. The van der Waals surface area contributed by atoms with Crippen molar-refractivity contribution in [2.75, 3.05) is 0 Å². The average molecular weight is 806 g/mol. The van der Waals surface area contributed by atoms with Gasteiger partial charge in [-0.05, 0) is 119 Å². The Morgan fingerprint density at radius 2 is 0.544 bits per heavy atom. The van der Waals surface area contributed by atoms with Gasteiger partial charge in [0.1, 0.15) is 46.0 Å². The third-order valence-corrected chi connectivity index (χ3v) is 9.61. The van der Waals surface area contributed by atoms with Crippen molar-refractivity contribution < 1.29 is 60.3 Å². The van der Waals surface area contributed by atoms with Gasteiger partial charge in [0, 0.05) is 22.3 Å². The van der Waals surface area contributed by atoms with Crippen molar-refractivity contribution in [3.05, 3.63) is 120 Å². The Kier molecular flexibility index (Phi) is 8.94. The summed E-state index contributed by atoms with van der Waals surface area (Å²) in [6, 6.07) is 23.0. The summed E-state index contributed by atoms with van der Waals surface area (Å²) in [5.41, 5.74) is 4.62. The predicted octanol–water partition coefficient (Wildman–Crippen LogP) is 8.22. The van der Waals surface area contributed by atoms with Gasteiger partial charge in [-0.1, -0.05) is 24.3 Å². The monoisotopic (exact) mass is 804 g/mol. The van der Waals surface area contributed by atoms with Gasteiger partial charge in [-0.15, -0.1) is 22.1 Å². The smallest absolute Gasteiger partial charge is 0.657 e. The molecule has 0 radical (unpaired) electrons. The summed E-state index contributed by atoms with van der Waals surface area (Å²) in [5, 5.41) is 87.0. The van der Waals surface area contributed by atoms with Gasteiger partial charge in [-0.25, -0.2) is 9.97 Å². The van der Waals surface area contributed by atoms with Gasteiger partial charge in [0.2, 0.25) is 0 Å². The molecule has 2 aliphatic heterocycles. The Morgan fingerprint density at radius 3 is 0.772 bits per heavy atom. The minimum Gasteiger partial charge on any atom is -0.657 e. The van der Waals surface area contributed by atoms with Crippen LogP contribution in [0.15, 0.2) is 97.1 Å². The molecule has 274 valence electrons. The molecule has 0 fully saturated rings. The van der Waals surface area contributed by atoms with Gasteiger partial charge in [0.25, 0.3) is 0 Å². The van der Waals surface area contributed by atoms with Crippen LogP contribution in [-0.2, 0) is 19.5 Å². The van der Waals surface area contributed by atoms with E-state index in [1.54, 1.807) is 48.6 Å². The number of aromatic nitrogens is 4. The van der Waals surface area contributed by atoms with E-state index in [0.29, 0.717) is 67.1 Å². The largest absolute Gasteiger partial charge is 2.00 e. The molecule has 2 aliphatic rings. The van der Waals surface area contributed by atoms with E-state index in [1.807, 2.05) is 0 Å². The van der Waals surface area contributed by atoms with Crippen LogP contribution >= 0.6 is 0 Å². The van der Waals surface area contributed by atoms with Crippen LogP contribution in [0.25, 0.3) is 90.9 Å². The fourth-order valence-corrected chi connectivity index (χ4v) is 7.09. The zero-order valence-electron chi connectivity index (χ0n) is 29.6. The summed E-state index contributed by atoms with van der Waals surface area (Å²) in [6.07, 6.45) is 6.73. The molecule has 5 heterocycles. The quantitative estimate of drug-likeness (QED) is 0.0624. The van der Waals surface area contributed by atoms with Crippen LogP contribution in [-0.4, -0.2) is 50.8 Å². The molecule has 0 saturated carbocycles. The molecule has 0 unspecified atom stereocenters. The number of phenolic OH excluding ortho intramolecular Hbond substituents is 8. The fourth-order valence-electron chi connectivity index (χ4n) is 7.09. The average Bonchev–Trinajstić information content (AvgIpc) is 4.01. The molecule has 9 rings (SSSR count). The van der Waals surface area contributed by atoms with Crippen LogP contribution in [0.1, 0.15) is 22.8 Å². The molecule has 3 aromatic heterocycles. The van der Waals surface area contributed by atoms with E-state index >= 15 is 0 Å². The first-order valence-electron chi connectivity index (χ1n) is 17.2. The second-order valence-electron chi connectivity index (χ2n) is 13.2. The van der Waals surface area contributed by atoms with Gasteiger partial charge in [0.15, 0.2) is 0 Å². The van der Waals surface area contributed by atoms with Crippen molar-refractivity contribution >= 4 is 46.4 Å². The van der Waals surface area contributed by atoms with Crippen LogP contribution in [0.4, 0.5) is 0 Å². The molecule has 0 spiro atoms.